The van der Waals surface area contributed by atoms with E-state index in [1.165, 1.54) is 10.9 Å². The van der Waals surface area contributed by atoms with Crippen molar-refractivity contribution in [1.82, 2.24) is 9.78 Å². The van der Waals surface area contributed by atoms with Crippen molar-refractivity contribution in [3.8, 4) is 0 Å². The summed E-state index contributed by atoms with van der Waals surface area (Å²) in [6.45, 7) is 0.412. The molecule has 0 spiro atoms. The number of carboxylic acids is 1. The maximum Gasteiger partial charge on any atom is 0.303 e. The number of aliphatic carboxylic acids is 1. The van der Waals surface area contributed by atoms with Gasteiger partial charge in [0.25, 0.3) is 0 Å². The number of nitrogens with zero attached hydrogens (tertiary/aromatic N) is 2. The van der Waals surface area contributed by atoms with E-state index in [4.69, 9.17) is 5.11 Å². The Hall–Kier alpha value is -0.910. The summed E-state index contributed by atoms with van der Waals surface area (Å²) in [5.41, 5.74) is 0. The molecule has 0 aliphatic heterocycles. The van der Waals surface area contributed by atoms with Gasteiger partial charge in [-0.25, -0.2) is 0 Å². The van der Waals surface area contributed by atoms with Gasteiger partial charge in [0.15, 0.2) is 0 Å². The fourth-order valence-corrected chi connectivity index (χ4v) is 1.20. The smallest absolute Gasteiger partial charge is 0.303 e. The van der Waals surface area contributed by atoms with Crippen LogP contribution in [0.15, 0.2) is 10.7 Å². The third-order valence-electron chi connectivity index (χ3n) is 1.45. The second-order valence-corrected chi connectivity index (χ2v) is 3.38. The first kappa shape index (κ1) is 10.2. The zero-order valence-corrected chi connectivity index (χ0v) is 8.29. The molecule has 4 nitrogen and oxygen atoms in total. The average Bonchev–Trinajstić information content (AvgIpc) is 2.30. The summed E-state index contributed by atoms with van der Waals surface area (Å²) in [4.78, 5) is 10.1. The highest BCUT2D eigenvalue weighted by Gasteiger charge is 2.04. The minimum Gasteiger partial charge on any atom is -0.481 e. The number of carboxylic acid groups (broad SMARTS) is 1. The summed E-state index contributed by atoms with van der Waals surface area (Å²) in [5, 5.41) is 11.9. The van der Waals surface area contributed by atoms with Gasteiger partial charge in [0.1, 0.15) is 0 Å². The quantitative estimate of drug-likeness (QED) is 0.885. The Balaban J connectivity index is 2.41. The predicted molar refractivity (Wildman–Crippen MR) is 46.8 cm³/mol. The second kappa shape index (κ2) is 4.36. The van der Waals surface area contributed by atoms with Crippen LogP contribution in [0.4, 0.5) is 4.39 Å². The van der Waals surface area contributed by atoms with Gasteiger partial charge in [-0.05, 0) is 22.4 Å². The first-order chi connectivity index (χ1) is 6.09. The molecule has 0 saturated heterocycles. The fourth-order valence-electron chi connectivity index (χ4n) is 0.880. The largest absolute Gasteiger partial charge is 0.481 e. The Morgan fingerprint density at radius 2 is 2.46 bits per heavy atom. The molecule has 1 aromatic rings. The average molecular weight is 251 g/mol. The van der Waals surface area contributed by atoms with E-state index >= 15 is 0 Å². The molecule has 0 radical (unpaired) electrons. The van der Waals surface area contributed by atoms with Crippen LogP contribution in [0.25, 0.3) is 0 Å². The van der Waals surface area contributed by atoms with Gasteiger partial charge in [0.2, 0.25) is 5.95 Å². The number of aryl methyl sites for hydroxylation is 1. The molecule has 0 aromatic carbocycles. The van der Waals surface area contributed by atoms with E-state index in [2.05, 4.69) is 21.0 Å². The van der Waals surface area contributed by atoms with Crippen LogP contribution >= 0.6 is 15.9 Å². The summed E-state index contributed by atoms with van der Waals surface area (Å²) >= 11 is 2.96. The van der Waals surface area contributed by atoms with Crippen LogP contribution in [-0.2, 0) is 11.3 Å². The van der Waals surface area contributed by atoms with E-state index in [9.17, 15) is 9.18 Å². The molecule has 0 amide bonds. The molecule has 13 heavy (non-hydrogen) atoms. The molecule has 0 unspecified atom stereocenters. The summed E-state index contributed by atoms with van der Waals surface area (Å²) in [7, 11) is 0. The Labute approximate surface area is 82.5 Å². The van der Waals surface area contributed by atoms with Gasteiger partial charge in [-0.15, -0.1) is 5.10 Å². The zero-order valence-electron chi connectivity index (χ0n) is 6.70. The molecule has 1 heterocycles. The molecule has 1 aromatic heterocycles. The number of aromatic nitrogens is 2. The minimum absolute atomic E-state index is 0.0685. The van der Waals surface area contributed by atoms with Crippen molar-refractivity contribution in [2.75, 3.05) is 0 Å². The van der Waals surface area contributed by atoms with E-state index in [-0.39, 0.29) is 6.42 Å². The summed E-state index contributed by atoms with van der Waals surface area (Å²) < 4.78 is 14.3. The first-order valence-electron chi connectivity index (χ1n) is 3.70. The zero-order chi connectivity index (χ0) is 9.84. The number of halogens is 2. The van der Waals surface area contributed by atoms with E-state index < -0.39 is 11.9 Å². The van der Waals surface area contributed by atoms with Crippen LogP contribution in [0, 0.1) is 5.95 Å². The molecular weight excluding hydrogens is 243 g/mol. The van der Waals surface area contributed by atoms with E-state index in [1.54, 1.807) is 0 Å². The highest BCUT2D eigenvalue weighted by Crippen LogP contribution is 2.12. The summed E-state index contributed by atoms with van der Waals surface area (Å²) in [6, 6.07) is 0. The van der Waals surface area contributed by atoms with Crippen LogP contribution in [0.3, 0.4) is 0 Å². The molecule has 1 rings (SSSR count). The van der Waals surface area contributed by atoms with Crippen molar-refractivity contribution in [2.45, 2.75) is 19.4 Å². The summed E-state index contributed by atoms with van der Waals surface area (Å²) in [6.07, 6.45) is 2.00. The normalized spacial score (nSPS) is 10.3. The molecule has 0 saturated carbocycles. The maximum absolute atomic E-state index is 12.6. The lowest BCUT2D eigenvalue weighted by Crippen LogP contribution is -2.02. The van der Waals surface area contributed by atoms with Crippen LogP contribution in [0.2, 0.25) is 0 Å². The molecule has 6 heteroatoms. The van der Waals surface area contributed by atoms with Gasteiger partial charge in [-0.3, -0.25) is 9.48 Å². The highest BCUT2D eigenvalue weighted by molar-refractivity contribution is 9.10. The van der Waals surface area contributed by atoms with Crippen molar-refractivity contribution in [3.05, 3.63) is 16.6 Å². The topological polar surface area (TPSA) is 55.1 Å². The van der Waals surface area contributed by atoms with Crippen molar-refractivity contribution < 1.29 is 14.3 Å². The minimum atomic E-state index is -0.855. The summed E-state index contributed by atoms with van der Waals surface area (Å²) in [5.74, 6) is -1.43. The van der Waals surface area contributed by atoms with Crippen LogP contribution in [0.1, 0.15) is 12.8 Å². The van der Waals surface area contributed by atoms with Crippen LogP contribution in [-0.4, -0.2) is 20.9 Å². The third-order valence-corrected chi connectivity index (χ3v) is 1.99. The molecule has 0 atom stereocenters. The predicted octanol–water partition coefficient (Wildman–Crippen LogP) is 1.65. The van der Waals surface area contributed by atoms with Crippen molar-refractivity contribution in [1.29, 1.82) is 0 Å². The van der Waals surface area contributed by atoms with Crippen LogP contribution < -0.4 is 0 Å². The molecule has 72 valence electrons. The SMILES string of the molecule is O=C(O)CCCn1cc(Br)c(F)n1. The van der Waals surface area contributed by atoms with E-state index in [0.29, 0.717) is 17.4 Å². The molecule has 0 fully saturated rings. The van der Waals surface area contributed by atoms with Crippen molar-refractivity contribution >= 4 is 21.9 Å². The Morgan fingerprint density at radius 3 is 2.92 bits per heavy atom. The third kappa shape index (κ3) is 3.14. The van der Waals surface area contributed by atoms with Gasteiger partial charge < -0.3 is 5.11 Å². The van der Waals surface area contributed by atoms with Gasteiger partial charge in [-0.1, -0.05) is 0 Å². The first-order valence-corrected chi connectivity index (χ1v) is 4.49. The number of carbonyl (C=O) groups is 1. The molecule has 0 bridgehead atoms. The van der Waals surface area contributed by atoms with Gasteiger partial charge in [0.05, 0.1) is 4.47 Å². The maximum atomic E-state index is 12.6. The lowest BCUT2D eigenvalue weighted by Gasteiger charge is -1.97. The lowest BCUT2D eigenvalue weighted by atomic mass is 10.3. The molecule has 1 N–H and O–H groups in total. The number of hydrogen-bond donors (Lipinski definition) is 1. The van der Waals surface area contributed by atoms with Crippen molar-refractivity contribution in [2.24, 2.45) is 0 Å². The van der Waals surface area contributed by atoms with Crippen molar-refractivity contribution in [3.63, 3.8) is 0 Å². The molecular formula is C7H8BrFN2O2. The second-order valence-electron chi connectivity index (χ2n) is 2.53. The number of hydrogen-bond acceptors (Lipinski definition) is 2. The van der Waals surface area contributed by atoms with Gasteiger partial charge in [0, 0.05) is 19.2 Å². The molecule has 0 aliphatic rings. The Bertz CT molecular complexity index is 294. The lowest BCUT2D eigenvalue weighted by molar-refractivity contribution is -0.137. The molecule has 0 aliphatic carbocycles. The Morgan fingerprint density at radius 1 is 1.77 bits per heavy atom. The Kier molecular flexibility index (Phi) is 3.41. The fraction of sp³-hybridized carbons (Fsp3) is 0.429. The monoisotopic (exact) mass is 250 g/mol. The van der Waals surface area contributed by atoms with Gasteiger partial charge >= 0.3 is 5.97 Å². The van der Waals surface area contributed by atoms with Gasteiger partial charge in [-0.2, -0.15) is 4.39 Å². The standard InChI is InChI=1S/C7H8BrFN2O2/c8-5-4-11(10-7(5)9)3-1-2-6(12)13/h4H,1-3H2,(H,12,13). The van der Waals surface area contributed by atoms with Crippen LogP contribution in [0.5, 0.6) is 0 Å². The number of rotatable bonds is 4. The van der Waals surface area contributed by atoms with E-state index in [0.717, 1.165) is 0 Å². The highest BCUT2D eigenvalue weighted by atomic mass is 79.9. The van der Waals surface area contributed by atoms with E-state index in [1.807, 2.05) is 0 Å².